The molecule has 0 amide bonds. The number of methoxy groups -OCH3 is 1. The largest absolute Gasteiger partial charge is 0.469 e. The summed E-state index contributed by atoms with van der Waals surface area (Å²) in [6.07, 6.45) is 14.6. The molecular weight excluding hydrogens is 501 g/mol. The van der Waals surface area contributed by atoms with E-state index in [1.54, 1.807) is 0 Å². The second-order valence-corrected chi connectivity index (χ2v) is 26.7. The molecule has 0 saturated heterocycles. The van der Waals surface area contributed by atoms with E-state index < -0.39 is 25.0 Å². The number of hydrogen-bond donors (Lipinski definition) is 0. The summed E-state index contributed by atoms with van der Waals surface area (Å²) in [4.78, 5) is 11.3. The van der Waals surface area contributed by atoms with Crippen LogP contribution >= 0.6 is 0 Å². The van der Waals surface area contributed by atoms with Crippen molar-refractivity contribution in [2.75, 3.05) is 7.11 Å². The number of carbonyl (C=O) groups excluding carboxylic acids is 1. The summed E-state index contributed by atoms with van der Waals surface area (Å²) in [5, 5.41) is 0. The summed E-state index contributed by atoms with van der Waals surface area (Å²) in [7, 11) is -3.70. The standard InChI is InChI=1S/C28H62O5Si3/c1-12-13-14-18-21-25(31-34(3,4)5)24-27(33-36(9,10)11)26(32-35(6,7)8)22-19-16-15-17-20-23-28(29)30-2/h25-27H,12-24H2,1-11H3. The van der Waals surface area contributed by atoms with E-state index in [4.69, 9.17) is 18.0 Å². The van der Waals surface area contributed by atoms with Crippen LogP contribution in [0.4, 0.5) is 0 Å². The fraction of sp³-hybridized carbons (Fsp3) is 0.964. The van der Waals surface area contributed by atoms with Crippen LogP contribution in [0, 0.1) is 0 Å². The first-order valence-electron chi connectivity index (χ1n) is 14.7. The lowest BCUT2D eigenvalue weighted by molar-refractivity contribution is -0.140. The SMILES string of the molecule is CCCCCCC(CC(O[Si](C)(C)C)C(CCCCCCCC(=O)OC)O[Si](C)(C)C)O[Si](C)(C)C. The van der Waals surface area contributed by atoms with Gasteiger partial charge in [-0.1, -0.05) is 58.3 Å². The normalized spacial score (nSPS) is 15.5. The van der Waals surface area contributed by atoms with Crippen LogP contribution in [0.2, 0.25) is 58.9 Å². The van der Waals surface area contributed by atoms with Crippen molar-refractivity contribution in [3.63, 3.8) is 0 Å². The molecule has 0 aliphatic carbocycles. The lowest BCUT2D eigenvalue weighted by atomic mass is 9.98. The fourth-order valence-corrected chi connectivity index (χ4v) is 8.08. The van der Waals surface area contributed by atoms with Crippen LogP contribution in [-0.2, 0) is 22.8 Å². The van der Waals surface area contributed by atoms with Gasteiger partial charge in [-0.25, -0.2) is 0 Å². The van der Waals surface area contributed by atoms with Gasteiger partial charge in [0.1, 0.15) is 0 Å². The topological polar surface area (TPSA) is 54.0 Å². The summed E-state index contributed by atoms with van der Waals surface area (Å²) in [5.74, 6) is -0.102. The van der Waals surface area contributed by atoms with Gasteiger partial charge in [-0.3, -0.25) is 4.79 Å². The second-order valence-electron chi connectivity index (χ2n) is 13.4. The van der Waals surface area contributed by atoms with Gasteiger partial charge in [0.2, 0.25) is 0 Å². The van der Waals surface area contributed by atoms with E-state index in [2.05, 4.69) is 65.8 Å². The Hall–Kier alpha value is 0.000649. The summed E-state index contributed by atoms with van der Waals surface area (Å²) < 4.78 is 25.2. The molecule has 0 bridgehead atoms. The van der Waals surface area contributed by atoms with E-state index in [1.807, 2.05) is 0 Å². The molecule has 8 heteroatoms. The van der Waals surface area contributed by atoms with Crippen LogP contribution in [0.15, 0.2) is 0 Å². The highest BCUT2D eigenvalue weighted by Gasteiger charge is 2.34. The molecule has 0 spiro atoms. The fourth-order valence-electron chi connectivity index (χ4n) is 4.53. The van der Waals surface area contributed by atoms with Crippen LogP contribution in [-0.4, -0.2) is 56.3 Å². The molecule has 0 heterocycles. The highest BCUT2D eigenvalue weighted by atomic mass is 28.4. The maximum Gasteiger partial charge on any atom is 0.305 e. The number of hydrogen-bond acceptors (Lipinski definition) is 5. The Kier molecular flexibility index (Phi) is 18.3. The van der Waals surface area contributed by atoms with E-state index in [9.17, 15) is 4.79 Å². The lowest BCUT2D eigenvalue weighted by Crippen LogP contribution is -2.47. The zero-order chi connectivity index (χ0) is 27.8. The van der Waals surface area contributed by atoms with Crippen LogP contribution in [0.3, 0.4) is 0 Å². The van der Waals surface area contributed by atoms with Gasteiger partial charge in [0.25, 0.3) is 0 Å². The Morgan fingerprint density at radius 1 is 0.611 bits per heavy atom. The average molecular weight is 563 g/mol. The van der Waals surface area contributed by atoms with Crippen molar-refractivity contribution in [1.82, 2.24) is 0 Å². The molecule has 0 aromatic heterocycles. The Morgan fingerprint density at radius 3 is 1.61 bits per heavy atom. The van der Waals surface area contributed by atoms with Crippen molar-refractivity contribution in [1.29, 1.82) is 0 Å². The molecule has 3 atom stereocenters. The van der Waals surface area contributed by atoms with Gasteiger partial charge in [0.15, 0.2) is 25.0 Å². The van der Waals surface area contributed by atoms with Crippen molar-refractivity contribution in [2.24, 2.45) is 0 Å². The Morgan fingerprint density at radius 2 is 1.08 bits per heavy atom. The van der Waals surface area contributed by atoms with Crippen LogP contribution in [0.1, 0.15) is 90.4 Å². The quantitative estimate of drug-likeness (QED) is 0.0749. The molecule has 0 N–H and O–H groups in total. The van der Waals surface area contributed by atoms with Crippen molar-refractivity contribution < 1.29 is 22.8 Å². The summed E-state index contributed by atoms with van der Waals surface area (Å²) in [6.45, 7) is 22.9. The van der Waals surface area contributed by atoms with E-state index >= 15 is 0 Å². The Labute approximate surface area is 228 Å². The first-order chi connectivity index (χ1) is 16.6. The summed E-state index contributed by atoms with van der Waals surface area (Å²) >= 11 is 0. The van der Waals surface area contributed by atoms with Crippen molar-refractivity contribution in [3.8, 4) is 0 Å². The molecular formula is C28H62O5Si3. The van der Waals surface area contributed by atoms with Gasteiger partial charge in [-0.2, -0.15) is 0 Å². The lowest BCUT2D eigenvalue weighted by Gasteiger charge is -2.39. The first kappa shape index (κ1) is 36.0. The van der Waals surface area contributed by atoms with E-state index in [-0.39, 0.29) is 24.3 Å². The monoisotopic (exact) mass is 562 g/mol. The third-order valence-electron chi connectivity index (χ3n) is 5.92. The highest BCUT2D eigenvalue weighted by Crippen LogP contribution is 2.28. The Bertz CT molecular complexity index is 567. The van der Waals surface area contributed by atoms with Gasteiger partial charge >= 0.3 is 5.97 Å². The predicted octanol–water partition coefficient (Wildman–Crippen LogP) is 8.91. The number of esters is 1. The zero-order valence-corrected chi connectivity index (χ0v) is 29.0. The number of rotatable bonds is 22. The molecule has 216 valence electrons. The van der Waals surface area contributed by atoms with Gasteiger partial charge < -0.3 is 18.0 Å². The van der Waals surface area contributed by atoms with E-state index in [1.165, 1.54) is 32.8 Å². The number of ether oxygens (including phenoxy) is 1. The predicted molar refractivity (Wildman–Crippen MR) is 162 cm³/mol. The van der Waals surface area contributed by atoms with Gasteiger partial charge in [0, 0.05) is 12.5 Å². The molecule has 36 heavy (non-hydrogen) atoms. The molecule has 0 rings (SSSR count). The second kappa shape index (κ2) is 18.3. The molecule has 0 aromatic rings. The summed E-state index contributed by atoms with van der Waals surface area (Å²) in [5.41, 5.74) is 0. The minimum absolute atomic E-state index is 0.0928. The maximum absolute atomic E-state index is 11.3. The minimum Gasteiger partial charge on any atom is -0.469 e. The smallest absolute Gasteiger partial charge is 0.305 e. The van der Waals surface area contributed by atoms with Crippen LogP contribution in [0.25, 0.3) is 0 Å². The van der Waals surface area contributed by atoms with Crippen LogP contribution < -0.4 is 0 Å². The third kappa shape index (κ3) is 22.0. The van der Waals surface area contributed by atoms with Crippen molar-refractivity contribution in [3.05, 3.63) is 0 Å². The van der Waals surface area contributed by atoms with Crippen molar-refractivity contribution in [2.45, 2.75) is 168 Å². The van der Waals surface area contributed by atoms with Gasteiger partial charge in [0.05, 0.1) is 19.3 Å². The molecule has 3 unspecified atom stereocenters. The molecule has 0 radical (unpaired) electrons. The van der Waals surface area contributed by atoms with Gasteiger partial charge in [-0.05, 0) is 84.6 Å². The summed E-state index contributed by atoms with van der Waals surface area (Å²) in [6, 6.07) is 0. The average Bonchev–Trinajstić information content (AvgIpc) is 2.71. The minimum atomic E-state index is -1.76. The van der Waals surface area contributed by atoms with E-state index in [0.29, 0.717) is 6.42 Å². The molecule has 0 aliphatic heterocycles. The molecule has 0 aliphatic rings. The molecule has 0 fully saturated rings. The first-order valence-corrected chi connectivity index (χ1v) is 24.9. The number of carbonyl (C=O) groups is 1. The van der Waals surface area contributed by atoms with E-state index in [0.717, 1.165) is 51.4 Å². The molecule has 0 aromatic carbocycles. The zero-order valence-electron chi connectivity index (χ0n) is 26.0. The molecule has 0 saturated carbocycles. The maximum atomic E-state index is 11.3. The highest BCUT2D eigenvalue weighted by molar-refractivity contribution is 6.70. The Balaban J connectivity index is 5.35. The molecule has 5 nitrogen and oxygen atoms in total. The number of unbranched alkanes of at least 4 members (excludes halogenated alkanes) is 7. The van der Waals surface area contributed by atoms with Crippen LogP contribution in [0.5, 0.6) is 0 Å². The van der Waals surface area contributed by atoms with Gasteiger partial charge in [-0.15, -0.1) is 0 Å². The van der Waals surface area contributed by atoms with Crippen molar-refractivity contribution >= 4 is 30.9 Å². The third-order valence-corrected chi connectivity index (χ3v) is 8.98.